The number of hydrogen-bond acceptors (Lipinski definition) is 4. The SMILES string of the molecule is Cc1cc2c3c(c1)N(c1ccc(C(C)(C)C)cc1C)c1c(ccc4c1oc1ccccc14)B3c1oc3cc4c(cc3c1N2c1ccc(C(C)(C)C)cc1)C(C)(C)CCC4(C)C. The van der Waals surface area contributed by atoms with E-state index in [1.807, 2.05) is 0 Å². The molecule has 0 unspecified atom stereocenters. The van der Waals surface area contributed by atoms with Crippen molar-refractivity contribution < 1.29 is 8.83 Å². The number of hydrogen-bond donors (Lipinski definition) is 0. The van der Waals surface area contributed by atoms with Crippen LogP contribution in [0.4, 0.5) is 34.1 Å². The fourth-order valence-corrected chi connectivity index (χ4v) is 10.9. The van der Waals surface area contributed by atoms with E-state index in [1.165, 1.54) is 55.4 Å². The highest BCUT2D eigenvalue weighted by Gasteiger charge is 2.49. The molecule has 0 N–H and O–H groups in total. The van der Waals surface area contributed by atoms with Crippen molar-refractivity contribution in [1.29, 1.82) is 0 Å². The van der Waals surface area contributed by atoms with Gasteiger partial charge < -0.3 is 18.6 Å². The zero-order chi connectivity index (χ0) is 42.7. The zero-order valence-corrected chi connectivity index (χ0v) is 38.0. The Hall–Kier alpha value is -5.68. The van der Waals surface area contributed by atoms with Crippen molar-refractivity contribution in [3.8, 4) is 0 Å². The lowest BCUT2D eigenvalue weighted by molar-refractivity contribution is 0.332. The van der Waals surface area contributed by atoms with Crippen molar-refractivity contribution in [2.24, 2.45) is 0 Å². The third kappa shape index (κ3) is 5.51. The first-order valence-electron chi connectivity index (χ1n) is 22.3. The summed E-state index contributed by atoms with van der Waals surface area (Å²) < 4.78 is 14.5. The van der Waals surface area contributed by atoms with Crippen LogP contribution in [-0.2, 0) is 21.7 Å². The molecule has 11 rings (SSSR count). The molecule has 8 aromatic rings. The summed E-state index contributed by atoms with van der Waals surface area (Å²) in [5.74, 6) is 0. The van der Waals surface area contributed by atoms with Crippen molar-refractivity contribution in [3.05, 3.63) is 137 Å². The van der Waals surface area contributed by atoms with E-state index in [9.17, 15) is 0 Å². The van der Waals surface area contributed by atoms with Crippen molar-refractivity contribution in [3.63, 3.8) is 0 Å². The fraction of sp³-hybridized carbons (Fsp3) is 0.321. The summed E-state index contributed by atoms with van der Waals surface area (Å²) in [7, 11) is 0. The second-order valence-electron chi connectivity index (χ2n) is 21.8. The van der Waals surface area contributed by atoms with Gasteiger partial charge in [0.25, 0.3) is 6.71 Å². The summed E-state index contributed by atoms with van der Waals surface area (Å²) >= 11 is 0. The molecule has 0 saturated carbocycles. The van der Waals surface area contributed by atoms with Crippen LogP contribution < -0.4 is 26.4 Å². The van der Waals surface area contributed by atoms with Crippen LogP contribution in [0.1, 0.15) is 115 Å². The maximum Gasteiger partial charge on any atom is 0.297 e. The van der Waals surface area contributed by atoms with Crippen LogP contribution in [0.15, 0.2) is 112 Å². The Morgan fingerprint density at radius 2 is 1.20 bits per heavy atom. The van der Waals surface area contributed by atoms with Crippen molar-refractivity contribution in [2.45, 2.75) is 118 Å². The van der Waals surface area contributed by atoms with E-state index < -0.39 is 0 Å². The lowest BCUT2D eigenvalue weighted by atomic mass is 9.35. The molecule has 0 radical (unpaired) electrons. The molecule has 5 heteroatoms. The largest absolute Gasteiger partial charge is 0.468 e. The van der Waals surface area contributed by atoms with E-state index >= 15 is 0 Å². The molecule has 6 aromatic carbocycles. The highest BCUT2D eigenvalue weighted by Crippen LogP contribution is 2.53. The average molecular weight is 801 g/mol. The average Bonchev–Trinajstić information content (AvgIpc) is 3.77. The van der Waals surface area contributed by atoms with Crippen LogP contribution in [0.3, 0.4) is 0 Å². The van der Waals surface area contributed by atoms with E-state index in [1.54, 1.807) is 0 Å². The van der Waals surface area contributed by atoms with Gasteiger partial charge in [-0.1, -0.05) is 124 Å². The lowest BCUT2D eigenvalue weighted by Gasteiger charge is -2.43. The summed E-state index contributed by atoms with van der Waals surface area (Å²) in [6, 6.07) is 39.2. The Labute approximate surface area is 361 Å². The standard InChI is InChI=1S/C56H57BN2O2/c1-32-27-44-48-45(28-32)59(43-24-19-35(29-33(43)2)54(6,7)8)50-42(23-22-38-37-15-13-14-16-46(37)60-51(38)50)57(48)52-49(58(44)36-20-17-34(18-21-36)53(3,4)5)39-30-40-41(31-47(39)61-52)56(11,12)26-25-55(40,9)10/h13-24,27-31H,25-26H2,1-12H3. The zero-order valence-electron chi connectivity index (χ0n) is 38.0. The molecule has 0 bridgehead atoms. The molecule has 306 valence electrons. The number of rotatable bonds is 2. The Balaban J connectivity index is 1.28. The molecular weight excluding hydrogens is 743 g/mol. The first-order chi connectivity index (χ1) is 28.8. The van der Waals surface area contributed by atoms with Gasteiger partial charge in [-0.05, 0) is 141 Å². The molecule has 3 aliphatic rings. The van der Waals surface area contributed by atoms with Crippen molar-refractivity contribution >= 4 is 90.3 Å². The molecule has 2 aliphatic heterocycles. The maximum absolute atomic E-state index is 7.48. The Kier molecular flexibility index (Phi) is 7.82. The summed E-state index contributed by atoms with van der Waals surface area (Å²) in [5, 5.41) is 3.43. The number of nitrogens with zero attached hydrogens (tertiary/aromatic N) is 2. The van der Waals surface area contributed by atoms with Gasteiger partial charge in [-0.15, -0.1) is 0 Å². The third-order valence-electron chi connectivity index (χ3n) is 14.6. The van der Waals surface area contributed by atoms with E-state index in [4.69, 9.17) is 8.83 Å². The Morgan fingerprint density at radius 3 is 1.87 bits per heavy atom. The lowest BCUT2D eigenvalue weighted by Crippen LogP contribution is -2.61. The number of fused-ring (bicyclic) bond motifs is 11. The van der Waals surface area contributed by atoms with E-state index in [2.05, 4.69) is 196 Å². The van der Waals surface area contributed by atoms with Crippen LogP contribution >= 0.6 is 0 Å². The van der Waals surface area contributed by atoms with Crippen molar-refractivity contribution in [2.75, 3.05) is 9.80 Å². The smallest absolute Gasteiger partial charge is 0.297 e. The number of furan rings is 2. The molecular formula is C56H57BN2O2. The monoisotopic (exact) mass is 800 g/mol. The fourth-order valence-electron chi connectivity index (χ4n) is 10.9. The van der Waals surface area contributed by atoms with E-state index in [0.29, 0.717) is 0 Å². The molecule has 1 aliphatic carbocycles. The van der Waals surface area contributed by atoms with Gasteiger partial charge in [-0.2, -0.15) is 0 Å². The number of benzene rings is 6. The van der Waals surface area contributed by atoms with Gasteiger partial charge in [0.05, 0.1) is 17.0 Å². The van der Waals surface area contributed by atoms with Gasteiger partial charge >= 0.3 is 0 Å². The van der Waals surface area contributed by atoms with Crippen LogP contribution in [-0.4, -0.2) is 6.71 Å². The first kappa shape index (κ1) is 38.3. The quantitative estimate of drug-likeness (QED) is 0.163. The minimum Gasteiger partial charge on any atom is -0.468 e. The Bertz CT molecular complexity index is 3150. The minimum atomic E-state index is -0.172. The number of para-hydroxylation sites is 1. The third-order valence-corrected chi connectivity index (χ3v) is 14.6. The minimum absolute atomic E-state index is 0.0209. The summed E-state index contributed by atoms with van der Waals surface area (Å²) in [6.07, 6.45) is 2.30. The highest BCUT2D eigenvalue weighted by molar-refractivity contribution is 7.00. The normalized spacial score (nSPS) is 16.6. The first-order valence-corrected chi connectivity index (χ1v) is 22.3. The van der Waals surface area contributed by atoms with Gasteiger partial charge in [0.15, 0.2) is 5.58 Å². The van der Waals surface area contributed by atoms with Gasteiger partial charge in [0, 0.05) is 38.9 Å². The molecule has 0 atom stereocenters. The van der Waals surface area contributed by atoms with Crippen LogP contribution in [0.25, 0.3) is 32.9 Å². The van der Waals surface area contributed by atoms with E-state index in [-0.39, 0.29) is 28.4 Å². The van der Waals surface area contributed by atoms with Crippen LogP contribution in [0.2, 0.25) is 0 Å². The number of aryl methyl sites for hydroxylation is 2. The van der Waals surface area contributed by atoms with Gasteiger partial charge in [-0.3, -0.25) is 0 Å². The summed E-state index contributed by atoms with van der Waals surface area (Å²) in [6.45, 7) is 27.8. The molecule has 2 aromatic heterocycles. The van der Waals surface area contributed by atoms with Crippen LogP contribution in [0.5, 0.6) is 0 Å². The predicted molar refractivity (Wildman–Crippen MR) is 260 cm³/mol. The molecule has 61 heavy (non-hydrogen) atoms. The maximum atomic E-state index is 7.48. The molecule has 4 nitrogen and oxygen atoms in total. The van der Waals surface area contributed by atoms with Gasteiger partial charge in [0.1, 0.15) is 11.2 Å². The second-order valence-corrected chi connectivity index (χ2v) is 21.8. The van der Waals surface area contributed by atoms with E-state index in [0.717, 1.165) is 74.5 Å². The van der Waals surface area contributed by atoms with Gasteiger partial charge in [0.2, 0.25) is 0 Å². The molecule has 0 spiro atoms. The highest BCUT2D eigenvalue weighted by atomic mass is 16.3. The van der Waals surface area contributed by atoms with Crippen molar-refractivity contribution in [1.82, 2.24) is 0 Å². The number of anilines is 6. The summed E-state index contributed by atoms with van der Waals surface area (Å²) in [5.41, 5.74) is 21.1. The molecule has 0 saturated heterocycles. The van der Waals surface area contributed by atoms with Crippen LogP contribution in [0, 0.1) is 13.8 Å². The molecule has 0 amide bonds. The molecule has 0 fully saturated rings. The summed E-state index contributed by atoms with van der Waals surface area (Å²) in [4.78, 5) is 5.05. The Morgan fingerprint density at radius 1 is 0.557 bits per heavy atom. The molecule has 4 heterocycles. The predicted octanol–water partition coefficient (Wildman–Crippen LogP) is 14.0. The topological polar surface area (TPSA) is 32.8 Å². The van der Waals surface area contributed by atoms with Gasteiger partial charge in [-0.25, -0.2) is 0 Å². The second kappa shape index (κ2) is 12.5.